The molecule has 0 spiro atoms. The lowest BCUT2D eigenvalue weighted by Crippen LogP contribution is -2.30. The number of carbonyl (C=O) groups is 1. The summed E-state index contributed by atoms with van der Waals surface area (Å²) < 4.78 is 0. The molecule has 0 aliphatic carbocycles. The summed E-state index contributed by atoms with van der Waals surface area (Å²) in [7, 11) is 0. The zero-order chi connectivity index (χ0) is 9.97. The number of carboxylic acids is 1. The molecule has 1 saturated heterocycles. The smallest absolute Gasteiger partial charge is 0.373 e. The average molecular weight is 196 g/mol. The van der Waals surface area contributed by atoms with Crippen LogP contribution in [0.5, 0.6) is 0 Å². The number of hydrogen-bond donors (Lipinski definition) is 2. The van der Waals surface area contributed by atoms with Crippen molar-refractivity contribution in [2.45, 2.75) is 19.3 Å². The number of rotatable bonds is 2. The van der Waals surface area contributed by atoms with Gasteiger partial charge in [-0.25, -0.2) is 4.79 Å². The highest BCUT2D eigenvalue weighted by Crippen LogP contribution is 2.14. The number of aromatic amines is 1. The van der Waals surface area contributed by atoms with Gasteiger partial charge in [-0.2, -0.15) is 4.98 Å². The van der Waals surface area contributed by atoms with Gasteiger partial charge >= 0.3 is 5.97 Å². The van der Waals surface area contributed by atoms with Crippen molar-refractivity contribution in [2.75, 3.05) is 18.0 Å². The lowest BCUT2D eigenvalue weighted by molar-refractivity contribution is 0.0684. The highest BCUT2D eigenvalue weighted by atomic mass is 16.4. The van der Waals surface area contributed by atoms with Gasteiger partial charge in [0, 0.05) is 13.1 Å². The molecule has 1 aliphatic heterocycles. The first kappa shape index (κ1) is 8.98. The molecule has 0 atom stereocenters. The largest absolute Gasteiger partial charge is 0.475 e. The topological polar surface area (TPSA) is 82.1 Å². The first-order chi connectivity index (χ1) is 6.77. The van der Waals surface area contributed by atoms with E-state index in [-0.39, 0.29) is 5.82 Å². The molecule has 6 nitrogen and oxygen atoms in total. The molecule has 0 amide bonds. The van der Waals surface area contributed by atoms with Crippen LogP contribution in [0.25, 0.3) is 0 Å². The van der Waals surface area contributed by atoms with Crippen molar-refractivity contribution in [1.29, 1.82) is 0 Å². The molecule has 2 rings (SSSR count). The van der Waals surface area contributed by atoms with Gasteiger partial charge in [-0.1, -0.05) is 0 Å². The number of H-pyrrole nitrogens is 1. The molecule has 2 N–H and O–H groups in total. The SMILES string of the molecule is O=C(O)c1nc(N2CCCCC2)n[nH]1. The number of carboxylic acid groups (broad SMARTS) is 1. The number of anilines is 1. The van der Waals surface area contributed by atoms with Crippen LogP contribution in [-0.4, -0.2) is 39.3 Å². The summed E-state index contributed by atoms with van der Waals surface area (Å²) in [5.41, 5.74) is 0. The number of nitrogens with zero attached hydrogens (tertiary/aromatic N) is 3. The normalized spacial score (nSPS) is 17.0. The quantitative estimate of drug-likeness (QED) is 0.719. The zero-order valence-electron chi connectivity index (χ0n) is 7.73. The van der Waals surface area contributed by atoms with Gasteiger partial charge in [-0.3, -0.25) is 5.10 Å². The van der Waals surface area contributed by atoms with Gasteiger partial charge in [0.1, 0.15) is 0 Å². The molecule has 6 heteroatoms. The third kappa shape index (κ3) is 1.68. The first-order valence-corrected chi connectivity index (χ1v) is 4.68. The Labute approximate surface area is 80.9 Å². The summed E-state index contributed by atoms with van der Waals surface area (Å²) in [6, 6.07) is 0. The van der Waals surface area contributed by atoms with Gasteiger partial charge in [0.05, 0.1) is 0 Å². The Morgan fingerprint density at radius 3 is 2.64 bits per heavy atom. The van der Waals surface area contributed by atoms with Crippen LogP contribution in [0.15, 0.2) is 0 Å². The molecule has 1 fully saturated rings. The van der Waals surface area contributed by atoms with Crippen molar-refractivity contribution in [3.8, 4) is 0 Å². The number of aromatic carboxylic acids is 1. The summed E-state index contributed by atoms with van der Waals surface area (Å²) in [5, 5.41) is 14.9. The fourth-order valence-electron chi connectivity index (χ4n) is 1.58. The maximum Gasteiger partial charge on any atom is 0.373 e. The number of aromatic nitrogens is 3. The Hall–Kier alpha value is -1.59. The van der Waals surface area contributed by atoms with Crippen molar-refractivity contribution in [2.24, 2.45) is 0 Å². The summed E-state index contributed by atoms with van der Waals surface area (Å²) >= 11 is 0. The van der Waals surface area contributed by atoms with E-state index in [9.17, 15) is 4.79 Å². The fraction of sp³-hybridized carbons (Fsp3) is 0.625. The predicted molar refractivity (Wildman–Crippen MR) is 49.4 cm³/mol. The fourth-order valence-corrected chi connectivity index (χ4v) is 1.58. The van der Waals surface area contributed by atoms with Crippen molar-refractivity contribution in [3.05, 3.63) is 5.82 Å². The minimum absolute atomic E-state index is 0.0921. The van der Waals surface area contributed by atoms with Gasteiger partial charge in [0.2, 0.25) is 11.8 Å². The molecule has 1 aliphatic rings. The number of piperidine rings is 1. The molecule has 1 aromatic rings. The number of hydrogen-bond acceptors (Lipinski definition) is 4. The van der Waals surface area contributed by atoms with Crippen LogP contribution in [0.1, 0.15) is 29.9 Å². The van der Waals surface area contributed by atoms with Crippen LogP contribution in [0.3, 0.4) is 0 Å². The Kier molecular flexibility index (Phi) is 2.34. The van der Waals surface area contributed by atoms with Crippen LogP contribution < -0.4 is 4.90 Å². The molecule has 0 bridgehead atoms. The zero-order valence-corrected chi connectivity index (χ0v) is 7.73. The predicted octanol–water partition coefficient (Wildman–Crippen LogP) is 0.493. The second kappa shape index (κ2) is 3.65. The molecule has 1 aromatic heterocycles. The first-order valence-electron chi connectivity index (χ1n) is 4.68. The second-order valence-corrected chi connectivity index (χ2v) is 3.34. The summed E-state index contributed by atoms with van der Waals surface area (Å²) in [6.45, 7) is 1.83. The maximum atomic E-state index is 10.5. The van der Waals surface area contributed by atoms with Crippen molar-refractivity contribution in [3.63, 3.8) is 0 Å². The van der Waals surface area contributed by atoms with E-state index in [1.165, 1.54) is 6.42 Å². The molecule has 0 saturated carbocycles. The Morgan fingerprint density at radius 1 is 1.36 bits per heavy atom. The highest BCUT2D eigenvalue weighted by molar-refractivity contribution is 5.83. The molecule has 14 heavy (non-hydrogen) atoms. The maximum absolute atomic E-state index is 10.5. The number of nitrogens with one attached hydrogen (secondary N) is 1. The van der Waals surface area contributed by atoms with Crippen molar-refractivity contribution >= 4 is 11.9 Å². The van der Waals surface area contributed by atoms with E-state index in [0.29, 0.717) is 5.95 Å². The second-order valence-electron chi connectivity index (χ2n) is 3.34. The average Bonchev–Trinajstić information content (AvgIpc) is 2.68. The van der Waals surface area contributed by atoms with E-state index in [0.717, 1.165) is 25.9 Å². The van der Waals surface area contributed by atoms with Crippen molar-refractivity contribution < 1.29 is 9.90 Å². The summed E-state index contributed by atoms with van der Waals surface area (Å²) in [6.07, 6.45) is 3.47. The van der Waals surface area contributed by atoms with Gasteiger partial charge in [0.15, 0.2) is 0 Å². The molecular formula is C8H12N4O2. The van der Waals surface area contributed by atoms with Gasteiger partial charge in [0.25, 0.3) is 0 Å². The molecule has 76 valence electrons. The molecule has 0 unspecified atom stereocenters. The Bertz CT molecular complexity index is 330. The minimum atomic E-state index is -1.07. The highest BCUT2D eigenvalue weighted by Gasteiger charge is 2.17. The van der Waals surface area contributed by atoms with E-state index in [4.69, 9.17) is 5.11 Å². The molecule has 2 heterocycles. The third-order valence-corrected chi connectivity index (χ3v) is 2.32. The van der Waals surface area contributed by atoms with Gasteiger partial charge in [-0.15, -0.1) is 5.10 Å². The Morgan fingerprint density at radius 2 is 2.07 bits per heavy atom. The monoisotopic (exact) mass is 196 g/mol. The van der Waals surface area contributed by atoms with E-state index in [1.807, 2.05) is 4.90 Å². The summed E-state index contributed by atoms with van der Waals surface area (Å²) in [4.78, 5) is 16.4. The van der Waals surface area contributed by atoms with E-state index >= 15 is 0 Å². The van der Waals surface area contributed by atoms with E-state index in [1.54, 1.807) is 0 Å². The van der Waals surface area contributed by atoms with Crippen LogP contribution in [-0.2, 0) is 0 Å². The molecule has 0 radical (unpaired) electrons. The minimum Gasteiger partial charge on any atom is -0.475 e. The third-order valence-electron chi connectivity index (χ3n) is 2.32. The van der Waals surface area contributed by atoms with Crippen LogP contribution in [0, 0.1) is 0 Å². The standard InChI is InChI=1S/C8H12N4O2/c13-7(14)6-9-8(11-10-6)12-4-2-1-3-5-12/h1-5H2,(H,13,14)(H,9,10,11). The molecule has 0 aromatic carbocycles. The van der Waals surface area contributed by atoms with E-state index < -0.39 is 5.97 Å². The van der Waals surface area contributed by atoms with Crippen LogP contribution in [0.4, 0.5) is 5.95 Å². The van der Waals surface area contributed by atoms with Crippen LogP contribution in [0.2, 0.25) is 0 Å². The summed E-state index contributed by atoms with van der Waals surface area (Å²) in [5.74, 6) is -0.659. The molecular weight excluding hydrogens is 184 g/mol. The lowest BCUT2D eigenvalue weighted by atomic mass is 10.1. The van der Waals surface area contributed by atoms with Crippen LogP contribution >= 0.6 is 0 Å². The Balaban J connectivity index is 2.11. The lowest BCUT2D eigenvalue weighted by Gasteiger charge is -2.24. The van der Waals surface area contributed by atoms with E-state index in [2.05, 4.69) is 15.2 Å². The van der Waals surface area contributed by atoms with Gasteiger partial charge in [-0.05, 0) is 19.3 Å². The van der Waals surface area contributed by atoms with Crippen molar-refractivity contribution in [1.82, 2.24) is 15.2 Å². The van der Waals surface area contributed by atoms with Gasteiger partial charge < -0.3 is 10.0 Å².